The molecule has 0 atom stereocenters. The molecule has 3 rings (SSSR count). The summed E-state index contributed by atoms with van der Waals surface area (Å²) in [5, 5.41) is 0. The quantitative estimate of drug-likeness (QED) is 0.607. The van der Waals surface area contributed by atoms with E-state index in [0.29, 0.717) is 4.21 Å². The van der Waals surface area contributed by atoms with Gasteiger partial charge >= 0.3 is 0 Å². The minimum atomic E-state index is -3.59. The number of benzene rings is 1. The van der Waals surface area contributed by atoms with Gasteiger partial charge in [0.15, 0.2) is 0 Å². The van der Waals surface area contributed by atoms with Crippen LogP contribution in [0.4, 0.5) is 0 Å². The van der Waals surface area contributed by atoms with Crippen molar-refractivity contribution >= 4 is 21.4 Å². The summed E-state index contributed by atoms with van der Waals surface area (Å²) in [6.07, 6.45) is 7.32. The van der Waals surface area contributed by atoms with Crippen molar-refractivity contribution in [3.05, 3.63) is 59.5 Å². The number of nitrogens with zero attached hydrogens (tertiary/aromatic N) is 2. The first-order valence-corrected chi connectivity index (χ1v) is 11.7. The molecular formula is C21H27N3O2S2. The molecule has 0 bridgehead atoms. The highest BCUT2D eigenvalue weighted by molar-refractivity contribution is 7.91. The van der Waals surface area contributed by atoms with Crippen LogP contribution in [0.2, 0.25) is 0 Å². The molecule has 0 amide bonds. The Kier molecular flexibility index (Phi) is 6.07. The van der Waals surface area contributed by atoms with E-state index in [4.69, 9.17) is 0 Å². The first kappa shape index (κ1) is 20.8. The summed E-state index contributed by atoms with van der Waals surface area (Å²) in [6, 6.07) is 10.1. The lowest BCUT2D eigenvalue weighted by molar-refractivity contribution is 0.493. The number of aromatic nitrogens is 2. The van der Waals surface area contributed by atoms with Crippen LogP contribution < -0.4 is 4.72 Å². The fourth-order valence-electron chi connectivity index (χ4n) is 3.02. The number of hydrogen-bond donors (Lipinski definition) is 1. The van der Waals surface area contributed by atoms with Gasteiger partial charge in [0.2, 0.25) is 0 Å². The minimum Gasteiger partial charge on any atom is -0.333 e. The third-order valence-electron chi connectivity index (χ3n) is 4.12. The molecule has 0 aliphatic carbocycles. The van der Waals surface area contributed by atoms with Crippen LogP contribution in [0.5, 0.6) is 0 Å². The molecule has 0 saturated heterocycles. The largest absolute Gasteiger partial charge is 0.333 e. The van der Waals surface area contributed by atoms with Crippen LogP contribution >= 0.6 is 11.3 Å². The number of sulfonamides is 1. The maximum atomic E-state index is 13.0. The predicted molar refractivity (Wildman–Crippen MR) is 115 cm³/mol. The molecule has 1 N–H and O–H groups in total. The highest BCUT2D eigenvalue weighted by Crippen LogP contribution is 2.36. The summed E-state index contributed by atoms with van der Waals surface area (Å²) >= 11 is 1.37. The third kappa shape index (κ3) is 5.10. The van der Waals surface area contributed by atoms with Crippen molar-refractivity contribution < 1.29 is 8.42 Å². The Morgan fingerprint density at radius 3 is 2.46 bits per heavy atom. The van der Waals surface area contributed by atoms with Crippen LogP contribution in [-0.4, -0.2) is 23.5 Å². The number of nitrogens with one attached hydrogen (secondary N) is 1. The third-order valence-corrected chi connectivity index (χ3v) is 7.61. The standard InChI is InChI=1S/C21H27N3O2S2/c1-5-6-18-13-19(20(27-18)28(25,26)23-21(2,3)4)17-9-7-16(8-10-17)14-24-12-11-22-15-24/h7-13,15,23H,5-6,14H2,1-4H3. The van der Waals surface area contributed by atoms with Gasteiger partial charge in [0, 0.05) is 34.9 Å². The molecule has 3 aromatic rings. The van der Waals surface area contributed by atoms with Crippen molar-refractivity contribution in [2.75, 3.05) is 0 Å². The fraction of sp³-hybridized carbons (Fsp3) is 0.381. The van der Waals surface area contributed by atoms with Gasteiger partial charge in [0.25, 0.3) is 10.0 Å². The van der Waals surface area contributed by atoms with Gasteiger partial charge < -0.3 is 4.57 Å². The zero-order valence-corrected chi connectivity index (χ0v) is 18.4. The highest BCUT2D eigenvalue weighted by atomic mass is 32.2. The summed E-state index contributed by atoms with van der Waals surface area (Å²) in [5.41, 5.74) is 2.31. The molecule has 0 aliphatic heterocycles. The molecule has 7 heteroatoms. The lowest BCUT2D eigenvalue weighted by Gasteiger charge is -2.20. The van der Waals surface area contributed by atoms with Crippen LogP contribution in [0.3, 0.4) is 0 Å². The van der Waals surface area contributed by atoms with Crippen LogP contribution in [-0.2, 0) is 23.0 Å². The summed E-state index contributed by atoms with van der Waals surface area (Å²) in [5.74, 6) is 0. The van der Waals surface area contributed by atoms with Crippen LogP contribution in [0.1, 0.15) is 44.6 Å². The lowest BCUT2D eigenvalue weighted by Crippen LogP contribution is -2.40. The average molecular weight is 418 g/mol. The average Bonchev–Trinajstić information content (AvgIpc) is 3.24. The molecule has 0 fully saturated rings. The molecule has 0 aliphatic rings. The van der Waals surface area contributed by atoms with Crippen molar-refractivity contribution in [3.8, 4) is 11.1 Å². The smallest absolute Gasteiger partial charge is 0.251 e. The van der Waals surface area contributed by atoms with Crippen LogP contribution in [0, 0.1) is 0 Å². The molecule has 0 saturated carbocycles. The van der Waals surface area contributed by atoms with Crippen molar-refractivity contribution in [1.29, 1.82) is 0 Å². The maximum Gasteiger partial charge on any atom is 0.251 e. The summed E-state index contributed by atoms with van der Waals surface area (Å²) in [4.78, 5) is 5.15. The van der Waals surface area contributed by atoms with Gasteiger partial charge in [-0.05, 0) is 44.4 Å². The summed E-state index contributed by atoms with van der Waals surface area (Å²) in [6.45, 7) is 8.41. The molecule has 150 valence electrons. The molecule has 28 heavy (non-hydrogen) atoms. The van der Waals surface area contributed by atoms with Gasteiger partial charge in [0.05, 0.1) is 6.33 Å². The van der Waals surface area contributed by atoms with Gasteiger partial charge in [-0.15, -0.1) is 11.3 Å². The van der Waals surface area contributed by atoms with Crippen molar-refractivity contribution in [1.82, 2.24) is 14.3 Å². The Labute approximate surface area is 171 Å². The van der Waals surface area contributed by atoms with Gasteiger partial charge in [-0.25, -0.2) is 18.1 Å². The number of imidazole rings is 1. The highest BCUT2D eigenvalue weighted by Gasteiger charge is 2.27. The van der Waals surface area contributed by atoms with Gasteiger partial charge in [0.1, 0.15) is 4.21 Å². The van der Waals surface area contributed by atoms with E-state index in [-0.39, 0.29) is 0 Å². The monoisotopic (exact) mass is 417 g/mol. The predicted octanol–water partition coefficient (Wildman–Crippen LogP) is 4.69. The molecular weight excluding hydrogens is 390 g/mol. The second-order valence-electron chi connectivity index (χ2n) is 7.95. The first-order valence-electron chi connectivity index (χ1n) is 9.40. The Balaban J connectivity index is 1.96. The zero-order chi connectivity index (χ0) is 20.4. The SMILES string of the molecule is CCCc1cc(-c2ccc(Cn3ccnc3)cc2)c(S(=O)(=O)NC(C)(C)C)s1. The van der Waals surface area contributed by atoms with E-state index in [1.54, 1.807) is 12.5 Å². The van der Waals surface area contributed by atoms with E-state index < -0.39 is 15.6 Å². The van der Waals surface area contributed by atoms with E-state index in [1.807, 2.05) is 61.9 Å². The Morgan fingerprint density at radius 1 is 1.18 bits per heavy atom. The minimum absolute atomic E-state index is 0.397. The molecule has 2 aromatic heterocycles. The van der Waals surface area contributed by atoms with E-state index in [0.717, 1.165) is 41.0 Å². The number of aryl methyl sites for hydroxylation is 1. The van der Waals surface area contributed by atoms with E-state index in [2.05, 4.69) is 16.6 Å². The fourth-order valence-corrected chi connectivity index (χ4v) is 6.28. The topological polar surface area (TPSA) is 64.0 Å². The van der Waals surface area contributed by atoms with E-state index in [1.165, 1.54) is 11.3 Å². The Morgan fingerprint density at radius 2 is 1.89 bits per heavy atom. The van der Waals surface area contributed by atoms with Crippen LogP contribution in [0.25, 0.3) is 11.1 Å². The molecule has 5 nitrogen and oxygen atoms in total. The van der Waals surface area contributed by atoms with Gasteiger partial charge in [-0.3, -0.25) is 0 Å². The van der Waals surface area contributed by atoms with Crippen molar-refractivity contribution in [2.45, 2.75) is 56.8 Å². The number of thiophene rings is 1. The Hall–Kier alpha value is -1.96. The maximum absolute atomic E-state index is 13.0. The zero-order valence-electron chi connectivity index (χ0n) is 16.8. The van der Waals surface area contributed by atoms with Crippen molar-refractivity contribution in [3.63, 3.8) is 0 Å². The van der Waals surface area contributed by atoms with Crippen molar-refractivity contribution in [2.24, 2.45) is 0 Å². The molecule has 0 spiro atoms. The second kappa shape index (κ2) is 8.19. The molecule has 0 radical (unpaired) electrons. The Bertz CT molecular complexity index is 1010. The van der Waals surface area contributed by atoms with Crippen LogP contribution in [0.15, 0.2) is 53.3 Å². The van der Waals surface area contributed by atoms with E-state index in [9.17, 15) is 8.42 Å². The summed E-state index contributed by atoms with van der Waals surface area (Å²) < 4.78 is 31.2. The lowest BCUT2D eigenvalue weighted by atomic mass is 10.1. The van der Waals surface area contributed by atoms with Gasteiger partial charge in [-0.1, -0.05) is 37.6 Å². The first-order chi connectivity index (χ1) is 13.2. The molecule has 1 aromatic carbocycles. The number of hydrogen-bond acceptors (Lipinski definition) is 4. The second-order valence-corrected chi connectivity index (χ2v) is 11.0. The molecule has 0 unspecified atom stereocenters. The van der Waals surface area contributed by atoms with Gasteiger partial charge in [-0.2, -0.15) is 0 Å². The van der Waals surface area contributed by atoms with E-state index >= 15 is 0 Å². The molecule has 2 heterocycles. The number of rotatable bonds is 7. The summed E-state index contributed by atoms with van der Waals surface area (Å²) in [7, 11) is -3.59. The normalized spacial score (nSPS) is 12.4.